The SMILES string of the molecule is CCNC(=NCC1(C)COC1)NCC(Cc1ccccc1)c1ccccc1. The van der Waals surface area contributed by atoms with Crippen molar-refractivity contribution in [3.63, 3.8) is 0 Å². The second kappa shape index (κ2) is 9.56. The van der Waals surface area contributed by atoms with E-state index in [1.807, 2.05) is 0 Å². The second-order valence-electron chi connectivity index (χ2n) is 7.68. The summed E-state index contributed by atoms with van der Waals surface area (Å²) in [6.07, 6.45) is 1.00. The Bertz CT molecular complexity index is 711. The highest BCUT2D eigenvalue weighted by Crippen LogP contribution is 2.26. The molecule has 2 aromatic rings. The number of guanidine groups is 1. The Morgan fingerprint density at radius 3 is 2.30 bits per heavy atom. The van der Waals surface area contributed by atoms with Crippen LogP contribution in [0.5, 0.6) is 0 Å². The summed E-state index contributed by atoms with van der Waals surface area (Å²) in [5.41, 5.74) is 2.89. The van der Waals surface area contributed by atoms with E-state index >= 15 is 0 Å². The van der Waals surface area contributed by atoms with Crippen LogP contribution in [0.4, 0.5) is 0 Å². The molecule has 1 heterocycles. The first-order valence-corrected chi connectivity index (χ1v) is 9.87. The van der Waals surface area contributed by atoms with Crippen molar-refractivity contribution in [3.8, 4) is 0 Å². The van der Waals surface area contributed by atoms with E-state index in [1.165, 1.54) is 11.1 Å². The number of rotatable bonds is 8. The average molecular weight is 366 g/mol. The van der Waals surface area contributed by atoms with Gasteiger partial charge in [0.25, 0.3) is 0 Å². The van der Waals surface area contributed by atoms with Gasteiger partial charge in [-0.15, -0.1) is 0 Å². The van der Waals surface area contributed by atoms with Crippen LogP contribution in [0.2, 0.25) is 0 Å². The van der Waals surface area contributed by atoms with E-state index in [4.69, 9.17) is 9.73 Å². The molecule has 27 heavy (non-hydrogen) atoms. The predicted molar refractivity (Wildman–Crippen MR) is 112 cm³/mol. The highest BCUT2D eigenvalue weighted by Gasteiger charge is 2.33. The lowest BCUT2D eigenvalue weighted by Gasteiger charge is -2.36. The van der Waals surface area contributed by atoms with Crippen molar-refractivity contribution < 1.29 is 4.74 Å². The zero-order valence-electron chi connectivity index (χ0n) is 16.4. The summed E-state index contributed by atoms with van der Waals surface area (Å²) in [7, 11) is 0. The molecular formula is C23H31N3O. The van der Waals surface area contributed by atoms with Crippen LogP contribution in [-0.4, -0.2) is 38.8 Å². The molecule has 0 aromatic heterocycles. The number of hydrogen-bond donors (Lipinski definition) is 2. The molecule has 2 N–H and O–H groups in total. The van der Waals surface area contributed by atoms with Gasteiger partial charge in [-0.2, -0.15) is 0 Å². The first kappa shape index (κ1) is 19.4. The Kier molecular flexibility index (Phi) is 6.88. The molecule has 2 aromatic carbocycles. The van der Waals surface area contributed by atoms with Crippen LogP contribution in [0.25, 0.3) is 0 Å². The number of ether oxygens (including phenoxy) is 1. The topological polar surface area (TPSA) is 45.7 Å². The second-order valence-corrected chi connectivity index (χ2v) is 7.68. The predicted octanol–water partition coefficient (Wildman–Crippen LogP) is 3.60. The Morgan fingerprint density at radius 1 is 1.04 bits per heavy atom. The van der Waals surface area contributed by atoms with Gasteiger partial charge in [-0.25, -0.2) is 0 Å². The molecule has 1 unspecified atom stereocenters. The van der Waals surface area contributed by atoms with Crippen LogP contribution < -0.4 is 10.6 Å². The summed E-state index contributed by atoms with van der Waals surface area (Å²) in [6, 6.07) is 21.4. The fraction of sp³-hybridized carbons (Fsp3) is 0.435. The molecule has 1 atom stereocenters. The summed E-state index contributed by atoms with van der Waals surface area (Å²) >= 11 is 0. The molecule has 1 fully saturated rings. The summed E-state index contributed by atoms with van der Waals surface area (Å²) in [4.78, 5) is 4.79. The van der Waals surface area contributed by atoms with Crippen LogP contribution in [0.15, 0.2) is 65.7 Å². The van der Waals surface area contributed by atoms with Crippen molar-refractivity contribution in [1.29, 1.82) is 0 Å². The molecule has 1 saturated heterocycles. The minimum absolute atomic E-state index is 0.186. The molecule has 3 rings (SSSR count). The van der Waals surface area contributed by atoms with Gasteiger partial charge in [0.15, 0.2) is 5.96 Å². The highest BCUT2D eigenvalue weighted by molar-refractivity contribution is 5.79. The van der Waals surface area contributed by atoms with Crippen LogP contribution in [-0.2, 0) is 11.2 Å². The van der Waals surface area contributed by atoms with Gasteiger partial charge in [-0.05, 0) is 24.5 Å². The fourth-order valence-corrected chi connectivity index (χ4v) is 3.31. The van der Waals surface area contributed by atoms with Gasteiger partial charge < -0.3 is 15.4 Å². The zero-order valence-corrected chi connectivity index (χ0v) is 16.4. The minimum atomic E-state index is 0.186. The summed E-state index contributed by atoms with van der Waals surface area (Å²) in [6.45, 7) is 8.42. The van der Waals surface area contributed by atoms with E-state index in [9.17, 15) is 0 Å². The maximum atomic E-state index is 5.34. The van der Waals surface area contributed by atoms with Gasteiger partial charge in [0.2, 0.25) is 0 Å². The lowest BCUT2D eigenvalue weighted by molar-refractivity contribution is -0.0945. The molecule has 0 spiro atoms. The molecule has 0 radical (unpaired) electrons. The normalized spacial score (nSPS) is 17.0. The Balaban J connectivity index is 1.67. The third-order valence-corrected chi connectivity index (χ3v) is 4.98. The maximum Gasteiger partial charge on any atom is 0.191 e. The first-order valence-electron chi connectivity index (χ1n) is 9.87. The van der Waals surface area contributed by atoms with Crippen LogP contribution in [0.3, 0.4) is 0 Å². The third kappa shape index (κ3) is 5.83. The van der Waals surface area contributed by atoms with Crippen LogP contribution in [0, 0.1) is 5.41 Å². The van der Waals surface area contributed by atoms with Crippen molar-refractivity contribution in [2.24, 2.45) is 10.4 Å². The smallest absolute Gasteiger partial charge is 0.191 e. The lowest BCUT2D eigenvalue weighted by Crippen LogP contribution is -2.45. The van der Waals surface area contributed by atoms with Crippen molar-refractivity contribution in [1.82, 2.24) is 10.6 Å². The molecule has 1 aliphatic rings. The Morgan fingerprint density at radius 2 is 1.70 bits per heavy atom. The molecule has 0 aliphatic carbocycles. The van der Waals surface area contributed by atoms with Gasteiger partial charge in [-0.1, -0.05) is 67.6 Å². The highest BCUT2D eigenvalue weighted by atomic mass is 16.5. The van der Waals surface area contributed by atoms with Crippen LogP contribution >= 0.6 is 0 Å². The van der Waals surface area contributed by atoms with E-state index in [1.54, 1.807) is 0 Å². The molecular weight excluding hydrogens is 334 g/mol. The molecule has 144 valence electrons. The van der Waals surface area contributed by atoms with Crippen molar-refractivity contribution in [2.75, 3.05) is 32.8 Å². The number of benzene rings is 2. The van der Waals surface area contributed by atoms with Gasteiger partial charge >= 0.3 is 0 Å². The average Bonchev–Trinajstić information content (AvgIpc) is 2.69. The minimum Gasteiger partial charge on any atom is -0.380 e. The summed E-state index contributed by atoms with van der Waals surface area (Å²) in [5.74, 6) is 1.28. The molecule has 0 bridgehead atoms. The third-order valence-electron chi connectivity index (χ3n) is 4.98. The number of nitrogens with zero attached hydrogens (tertiary/aromatic N) is 1. The van der Waals surface area contributed by atoms with Gasteiger partial charge in [0.05, 0.1) is 19.8 Å². The van der Waals surface area contributed by atoms with E-state index in [0.717, 1.165) is 45.2 Å². The van der Waals surface area contributed by atoms with E-state index in [2.05, 4.69) is 85.1 Å². The number of hydrogen-bond acceptors (Lipinski definition) is 2. The number of aliphatic imine (C=N–C) groups is 1. The van der Waals surface area contributed by atoms with E-state index < -0.39 is 0 Å². The first-order chi connectivity index (χ1) is 13.2. The quantitative estimate of drug-likeness (QED) is 0.555. The standard InChI is InChI=1S/C23H31N3O/c1-3-24-22(26-16-23(2)17-27-18-23)25-15-21(20-12-8-5-9-13-20)14-19-10-6-4-7-11-19/h4-13,21H,3,14-18H2,1-2H3,(H2,24,25,26). The molecule has 1 aliphatic heterocycles. The maximum absolute atomic E-state index is 5.34. The van der Waals surface area contributed by atoms with E-state index in [-0.39, 0.29) is 5.41 Å². The van der Waals surface area contributed by atoms with E-state index in [0.29, 0.717) is 5.92 Å². The molecule has 4 heteroatoms. The molecule has 0 saturated carbocycles. The molecule has 0 amide bonds. The number of nitrogens with one attached hydrogen (secondary N) is 2. The summed E-state index contributed by atoms with van der Waals surface area (Å²) in [5, 5.41) is 6.93. The zero-order chi connectivity index (χ0) is 19.0. The fourth-order valence-electron chi connectivity index (χ4n) is 3.31. The van der Waals surface area contributed by atoms with Gasteiger partial charge in [0.1, 0.15) is 0 Å². The van der Waals surface area contributed by atoms with Crippen molar-refractivity contribution >= 4 is 5.96 Å². The van der Waals surface area contributed by atoms with Gasteiger partial charge in [0, 0.05) is 24.4 Å². The largest absolute Gasteiger partial charge is 0.380 e. The monoisotopic (exact) mass is 365 g/mol. The van der Waals surface area contributed by atoms with Gasteiger partial charge in [-0.3, -0.25) is 4.99 Å². The van der Waals surface area contributed by atoms with Crippen LogP contribution in [0.1, 0.15) is 30.9 Å². The Labute approximate surface area is 163 Å². The lowest BCUT2D eigenvalue weighted by atomic mass is 9.89. The van der Waals surface area contributed by atoms with Crippen molar-refractivity contribution in [3.05, 3.63) is 71.8 Å². The Hall–Kier alpha value is -2.33. The summed E-state index contributed by atoms with van der Waals surface area (Å²) < 4.78 is 5.34. The molecule has 4 nitrogen and oxygen atoms in total. The van der Waals surface area contributed by atoms with Crippen molar-refractivity contribution in [2.45, 2.75) is 26.2 Å².